The molecule has 0 amide bonds. The second kappa shape index (κ2) is 29.8. The van der Waals surface area contributed by atoms with Crippen molar-refractivity contribution in [2.45, 2.75) is 41.5 Å². The lowest BCUT2D eigenvalue weighted by Gasteiger charge is -2.06. The molecule has 0 saturated heterocycles. The van der Waals surface area contributed by atoms with Crippen LogP contribution in [0.1, 0.15) is 47.9 Å². The topological polar surface area (TPSA) is 91.9 Å². The van der Waals surface area contributed by atoms with Crippen molar-refractivity contribution in [2.24, 2.45) is 35.2 Å². The highest BCUT2D eigenvalue weighted by molar-refractivity contribution is 7.19. The third-order valence-electron chi connectivity index (χ3n) is 15.9. The van der Waals surface area contributed by atoms with Gasteiger partial charge in [0, 0.05) is 91.6 Å². The molecule has 0 aliphatic carbocycles. The maximum absolute atomic E-state index is 13.4. The maximum atomic E-state index is 13.4. The monoisotopic (exact) mass is 1240 g/mol. The average Bonchev–Trinajstić information content (AvgIpc) is 1.81. The summed E-state index contributed by atoms with van der Waals surface area (Å²) in [6, 6.07) is 65.5. The van der Waals surface area contributed by atoms with E-state index in [1.165, 1.54) is 95.5 Å². The lowest BCUT2D eigenvalue weighted by atomic mass is 10.0. The number of ether oxygens (including phenoxy) is 2. The summed E-state index contributed by atoms with van der Waals surface area (Å²) >= 11 is 3.30. The van der Waals surface area contributed by atoms with E-state index in [1.54, 1.807) is 25.6 Å². The molecule has 13 aromatic rings. The van der Waals surface area contributed by atoms with Gasteiger partial charge in [-0.05, 0) is 142 Å². The zero-order valence-corrected chi connectivity index (χ0v) is 55.5. The molecule has 5 aromatic carbocycles. The van der Waals surface area contributed by atoms with Crippen LogP contribution >= 0.6 is 22.7 Å². The summed E-state index contributed by atoms with van der Waals surface area (Å²) in [7, 11) is 13.1. The van der Waals surface area contributed by atoms with E-state index in [0.717, 1.165) is 55.2 Å². The molecule has 91 heavy (non-hydrogen) atoms. The van der Waals surface area contributed by atoms with E-state index in [9.17, 15) is 9.18 Å². The molecule has 0 bridgehead atoms. The van der Waals surface area contributed by atoms with E-state index in [-0.39, 0.29) is 11.8 Å². The number of esters is 1. The number of carbonyl (C=O) groups excluding carboxylic acids is 1. The Hall–Kier alpha value is -10.3. The predicted molar refractivity (Wildman–Crippen MR) is 365 cm³/mol. The minimum absolute atomic E-state index is 0.227. The Labute approximate surface area is 541 Å². The number of furan rings is 1. The van der Waals surface area contributed by atoms with Crippen LogP contribution in [0.2, 0.25) is 0 Å². The number of fused-ring (bicyclic) bond motifs is 2. The fourth-order valence-corrected chi connectivity index (χ4v) is 13.1. The number of nitrogens with zero attached hydrogens (tertiary/aromatic N) is 6. The number of hydrogen-bond donors (Lipinski definition) is 0. The normalized spacial score (nSPS) is 10.6. The summed E-state index contributed by atoms with van der Waals surface area (Å²) in [6.45, 7) is 12.3. The summed E-state index contributed by atoms with van der Waals surface area (Å²) < 4.78 is 40.5. The summed E-state index contributed by atoms with van der Waals surface area (Å²) in [5.74, 6) is 0.327. The quantitative estimate of drug-likeness (QED) is 0.112. The Balaban J connectivity index is 0.000000135. The van der Waals surface area contributed by atoms with E-state index in [2.05, 4.69) is 214 Å². The first kappa shape index (κ1) is 65.2. The molecule has 0 aliphatic rings. The number of carbonyl (C=O) groups is 1. The van der Waals surface area contributed by atoms with Gasteiger partial charge in [0.05, 0.1) is 37.2 Å². The first-order valence-electron chi connectivity index (χ1n) is 29.7. The van der Waals surface area contributed by atoms with Gasteiger partial charge in [-0.25, -0.2) is 32.0 Å². The SMILES string of the molecule is COC(=O)c1cc(-c2sc(C#N)cc2C)[n+](C)cc1C.COc1ccc(-c2cccc[n+]2C)c(C)c1.Cc1cc2occc2cc1-c1cc(F)cc[n+]1C.Cc1ccccc1-c1cc(-c2ccccc2)cc[n+]1C.Cc1sc2ccccc2c1-c1cccc[n+]1C. The van der Waals surface area contributed by atoms with E-state index in [4.69, 9.17) is 19.2 Å². The van der Waals surface area contributed by atoms with Gasteiger partial charge in [-0.3, -0.25) is 0 Å². The van der Waals surface area contributed by atoms with Gasteiger partial charge >= 0.3 is 5.97 Å². The molecule has 8 heterocycles. The number of benzene rings is 5. The van der Waals surface area contributed by atoms with Crippen LogP contribution in [0.5, 0.6) is 5.75 Å². The van der Waals surface area contributed by atoms with Crippen molar-refractivity contribution in [1.82, 2.24) is 0 Å². The second-order valence-corrected chi connectivity index (χ2v) is 24.6. The highest BCUT2D eigenvalue weighted by atomic mass is 32.1. The molecule has 456 valence electrons. The molecule has 0 N–H and O–H groups in total. The number of aromatic nitrogens is 5. The Morgan fingerprint density at radius 3 is 1.80 bits per heavy atom. The summed E-state index contributed by atoms with van der Waals surface area (Å²) in [5, 5.41) is 11.4. The van der Waals surface area contributed by atoms with Gasteiger partial charge in [0.1, 0.15) is 68.2 Å². The highest BCUT2D eigenvalue weighted by Crippen LogP contribution is 2.37. The van der Waals surface area contributed by atoms with Gasteiger partial charge < -0.3 is 13.9 Å². The highest BCUT2D eigenvalue weighted by Gasteiger charge is 2.23. The van der Waals surface area contributed by atoms with Crippen LogP contribution in [0.4, 0.5) is 4.39 Å². The van der Waals surface area contributed by atoms with Crippen LogP contribution < -0.4 is 27.6 Å². The molecule has 0 fully saturated rings. The van der Waals surface area contributed by atoms with Crippen LogP contribution in [-0.4, -0.2) is 20.2 Å². The van der Waals surface area contributed by atoms with Gasteiger partial charge in [0.15, 0.2) is 31.0 Å². The predicted octanol–water partition coefficient (Wildman–Crippen LogP) is 16.2. The molecule has 0 atom stereocenters. The minimum Gasteiger partial charge on any atom is -0.497 e. The number of methoxy groups -OCH3 is 2. The van der Waals surface area contributed by atoms with Crippen molar-refractivity contribution < 1.29 is 45.9 Å². The van der Waals surface area contributed by atoms with Crippen LogP contribution in [0.15, 0.2) is 230 Å². The fraction of sp³-hybridized carbons (Fsp3) is 0.167. The molecule has 13 rings (SSSR count). The van der Waals surface area contributed by atoms with E-state index >= 15 is 0 Å². The Bertz CT molecular complexity index is 4770. The van der Waals surface area contributed by atoms with E-state index in [1.807, 2.05) is 104 Å². The van der Waals surface area contributed by atoms with Crippen molar-refractivity contribution in [1.29, 1.82) is 5.26 Å². The average molecular weight is 1240 g/mol. The van der Waals surface area contributed by atoms with Crippen molar-refractivity contribution in [2.75, 3.05) is 14.2 Å². The third-order valence-corrected chi connectivity index (χ3v) is 18.1. The first-order chi connectivity index (χ1) is 43.9. The number of aryl methyl sites for hydroxylation is 11. The zero-order chi connectivity index (χ0) is 64.9. The van der Waals surface area contributed by atoms with Crippen molar-refractivity contribution in [3.8, 4) is 78.5 Å². The molecular formula is C78H76FN6O4S2+5. The lowest BCUT2D eigenvalue weighted by molar-refractivity contribution is -0.660. The molecule has 0 unspecified atom stereocenters. The smallest absolute Gasteiger partial charge is 0.338 e. The molecule has 8 aromatic heterocycles. The lowest BCUT2D eigenvalue weighted by Crippen LogP contribution is -2.32. The number of pyridine rings is 5. The van der Waals surface area contributed by atoms with Crippen LogP contribution in [0.25, 0.3) is 87.8 Å². The number of rotatable bonds is 8. The fourth-order valence-electron chi connectivity index (χ4n) is 11.0. The number of thiophene rings is 2. The molecule has 0 saturated carbocycles. The Morgan fingerprint density at radius 1 is 0.505 bits per heavy atom. The summed E-state index contributed by atoms with van der Waals surface area (Å²) in [6.07, 6.45) is 11.6. The number of hydrogen-bond acceptors (Lipinski definition) is 7. The van der Waals surface area contributed by atoms with Gasteiger partial charge in [0.25, 0.3) is 0 Å². The Morgan fingerprint density at radius 2 is 1.13 bits per heavy atom. The van der Waals surface area contributed by atoms with E-state index < -0.39 is 0 Å². The molecule has 0 aliphatic heterocycles. The first-order valence-corrected chi connectivity index (χ1v) is 31.4. The Kier molecular flexibility index (Phi) is 21.4. The molecule has 0 spiro atoms. The van der Waals surface area contributed by atoms with Gasteiger partial charge in [-0.2, -0.15) is 5.26 Å². The maximum Gasteiger partial charge on any atom is 0.338 e. The van der Waals surface area contributed by atoms with Gasteiger partial charge in [0.2, 0.25) is 28.5 Å². The van der Waals surface area contributed by atoms with Crippen LogP contribution in [0, 0.1) is 58.7 Å². The van der Waals surface area contributed by atoms with Gasteiger partial charge in [-0.1, -0.05) is 66.7 Å². The van der Waals surface area contributed by atoms with Crippen molar-refractivity contribution in [3.05, 3.63) is 274 Å². The van der Waals surface area contributed by atoms with Crippen LogP contribution in [-0.2, 0) is 40.0 Å². The summed E-state index contributed by atoms with van der Waals surface area (Å²) in [5.41, 5.74) is 19.8. The van der Waals surface area contributed by atoms with Crippen LogP contribution in [0.3, 0.4) is 0 Å². The number of halogens is 1. The number of nitriles is 1. The molecule has 0 radical (unpaired) electrons. The van der Waals surface area contributed by atoms with E-state index in [0.29, 0.717) is 10.4 Å². The van der Waals surface area contributed by atoms with Crippen molar-refractivity contribution in [3.63, 3.8) is 0 Å². The largest absolute Gasteiger partial charge is 0.497 e. The standard InChI is InChI=1S/C19H18N.C15H13FNO.C15H15N2O2S.C15H14NS.C14H16NO/c1-15-8-6-7-11-18(15)19-14-17(12-13-20(19)2)16-9-4-3-5-10-16;1-10-7-15-11(4-6-18-15)8-13(10)14-9-12(16)3-5-17(14)2;1-9-5-11(7-16)20-14(9)13-6-12(15(18)19-4)10(2)8-17(13)3;1-11-15(13-8-5-6-10-16(13)2)12-7-3-4-9-14(12)17-11;1-11-10-12(16-3)7-8-13(11)14-6-4-5-9-15(14)2/h3-14H,1-2H3;3-9H,1-2H3;5-6,8H,1-4H3;3-10H,1-2H3;4-10H,1-3H3/q5*+1. The third kappa shape index (κ3) is 15.4. The van der Waals surface area contributed by atoms with Crippen molar-refractivity contribution >= 4 is 49.7 Å². The van der Waals surface area contributed by atoms with Gasteiger partial charge in [-0.15, -0.1) is 22.7 Å². The molecular weight excluding hydrogens is 1170 g/mol. The minimum atomic E-state index is -0.348. The molecule has 13 heteroatoms. The molecule has 10 nitrogen and oxygen atoms in total. The second-order valence-electron chi connectivity index (χ2n) is 22.3. The zero-order valence-electron chi connectivity index (χ0n) is 53.9. The summed E-state index contributed by atoms with van der Waals surface area (Å²) in [4.78, 5) is 14.8.